The molecule has 12 heteroatoms. The molecule has 2 aromatic carbocycles. The summed E-state index contributed by atoms with van der Waals surface area (Å²) < 4.78 is 3.93. The number of nitriles is 2. The molecule has 0 saturated heterocycles. The third-order valence-electron chi connectivity index (χ3n) is 6.47. The second-order valence-electron chi connectivity index (χ2n) is 8.31. The van der Waals surface area contributed by atoms with Crippen LogP contribution in [0.1, 0.15) is 19.5 Å². The van der Waals surface area contributed by atoms with Crippen LogP contribution in [0, 0.1) is 36.5 Å². The lowest BCUT2D eigenvalue weighted by atomic mass is 9.96. The summed E-state index contributed by atoms with van der Waals surface area (Å²) in [5.74, 6) is 0. The first kappa shape index (κ1) is 22.8. The van der Waals surface area contributed by atoms with E-state index in [4.69, 9.17) is 0 Å². The smallest absolute Gasteiger partial charge is 0.262 e. The van der Waals surface area contributed by atoms with Crippen molar-refractivity contribution in [1.82, 2.24) is 9.13 Å². The number of hydrogen-bond acceptors (Lipinski definition) is 10. The maximum Gasteiger partial charge on any atom is 0.262 e. The highest BCUT2D eigenvalue weighted by molar-refractivity contribution is 7.31. The fraction of sp³-hybridized carbons (Fsp3) is 0.167. The van der Waals surface area contributed by atoms with Crippen molar-refractivity contribution in [3.63, 3.8) is 0 Å². The van der Waals surface area contributed by atoms with Crippen LogP contribution >= 0.6 is 45.3 Å². The molecule has 0 radical (unpaired) electrons. The zero-order chi connectivity index (χ0) is 25.8. The summed E-state index contributed by atoms with van der Waals surface area (Å²) in [6, 6.07) is 4.02. The van der Waals surface area contributed by atoms with Crippen molar-refractivity contribution in [2.75, 3.05) is 0 Å². The first-order valence-corrected chi connectivity index (χ1v) is 13.7. The van der Waals surface area contributed by atoms with Crippen molar-refractivity contribution >= 4 is 96.5 Å². The fourth-order valence-electron chi connectivity index (χ4n) is 4.61. The van der Waals surface area contributed by atoms with Gasteiger partial charge in [-0.25, -0.2) is 0 Å². The van der Waals surface area contributed by atoms with Gasteiger partial charge in [0.25, 0.3) is 22.2 Å². The molecule has 0 atom stereocenters. The van der Waals surface area contributed by atoms with Gasteiger partial charge in [-0.1, -0.05) is 0 Å². The van der Waals surface area contributed by atoms with E-state index in [2.05, 4.69) is 0 Å². The molecule has 36 heavy (non-hydrogen) atoms. The molecule has 0 bridgehead atoms. The second kappa shape index (κ2) is 7.41. The van der Waals surface area contributed by atoms with E-state index < -0.39 is 22.2 Å². The summed E-state index contributed by atoms with van der Waals surface area (Å²) in [4.78, 5) is 56.5. The highest BCUT2D eigenvalue weighted by atomic mass is 32.1. The van der Waals surface area contributed by atoms with Gasteiger partial charge in [0.1, 0.15) is 21.9 Å². The molecule has 0 fully saturated rings. The molecule has 0 saturated carbocycles. The van der Waals surface area contributed by atoms with Crippen molar-refractivity contribution in [3.05, 3.63) is 60.9 Å². The number of pyridine rings is 2. The van der Waals surface area contributed by atoms with Crippen LogP contribution in [0.15, 0.2) is 19.2 Å². The van der Waals surface area contributed by atoms with Crippen molar-refractivity contribution in [3.8, 4) is 12.1 Å². The number of nitrogens with zero attached hydrogens (tertiary/aromatic N) is 4. The Morgan fingerprint density at radius 1 is 0.528 bits per heavy atom. The molecule has 0 N–H and O–H groups in total. The van der Waals surface area contributed by atoms with Crippen LogP contribution in [0.2, 0.25) is 0 Å². The third kappa shape index (κ3) is 2.59. The predicted octanol–water partition coefficient (Wildman–Crippen LogP) is 4.18. The van der Waals surface area contributed by atoms with Gasteiger partial charge < -0.3 is 0 Å². The van der Waals surface area contributed by atoms with Crippen molar-refractivity contribution in [1.29, 1.82) is 10.5 Å². The van der Waals surface area contributed by atoms with Crippen LogP contribution in [-0.2, 0) is 14.1 Å². The first-order valence-electron chi connectivity index (χ1n) is 10.4. The predicted molar refractivity (Wildman–Crippen MR) is 147 cm³/mol. The number of benzene rings is 2. The number of rotatable bonds is 0. The molecule has 0 spiro atoms. The summed E-state index contributed by atoms with van der Waals surface area (Å²) in [6.07, 6.45) is 0. The van der Waals surface area contributed by atoms with Gasteiger partial charge in [0.05, 0.1) is 40.3 Å². The van der Waals surface area contributed by atoms with Gasteiger partial charge in [-0.05, 0) is 13.8 Å². The molecule has 8 nitrogen and oxygen atoms in total. The molecule has 0 aliphatic carbocycles. The maximum atomic E-state index is 13.6. The first-order chi connectivity index (χ1) is 17.1. The van der Waals surface area contributed by atoms with Crippen molar-refractivity contribution in [2.24, 2.45) is 14.1 Å². The summed E-state index contributed by atoms with van der Waals surface area (Å²) in [5.41, 5.74) is -2.18. The molecule has 4 heterocycles. The molecule has 0 amide bonds. The van der Waals surface area contributed by atoms with E-state index in [-0.39, 0.29) is 42.1 Å². The Balaban J connectivity index is 2.24. The fourth-order valence-corrected chi connectivity index (χ4v) is 9.23. The van der Waals surface area contributed by atoms with E-state index in [0.29, 0.717) is 18.8 Å². The number of hydrogen-bond donors (Lipinski definition) is 0. The van der Waals surface area contributed by atoms with Crippen molar-refractivity contribution < 1.29 is 0 Å². The molecule has 0 aliphatic heterocycles. The second-order valence-corrected chi connectivity index (χ2v) is 12.8. The van der Waals surface area contributed by atoms with Gasteiger partial charge in [0.15, 0.2) is 0 Å². The third-order valence-corrected chi connectivity index (χ3v) is 11.7. The average Bonchev–Trinajstić information content (AvgIpc) is 2.86. The Morgan fingerprint density at radius 2 is 0.806 bits per heavy atom. The zero-order valence-electron chi connectivity index (χ0n) is 19.1. The molecular weight excluding hydrogens is 537 g/mol. The van der Waals surface area contributed by atoms with E-state index in [9.17, 15) is 29.7 Å². The van der Waals surface area contributed by atoms with Gasteiger partial charge in [0.2, 0.25) is 0 Å². The quantitative estimate of drug-likeness (QED) is 0.207. The Hall–Kier alpha value is -3.68. The van der Waals surface area contributed by atoms with Crippen LogP contribution in [-0.4, -0.2) is 9.13 Å². The van der Waals surface area contributed by atoms with E-state index in [1.165, 1.54) is 36.8 Å². The highest BCUT2D eigenvalue weighted by Crippen LogP contribution is 2.46. The lowest BCUT2D eigenvalue weighted by Crippen LogP contribution is -2.33. The molecule has 4 aromatic heterocycles. The van der Waals surface area contributed by atoms with Crippen LogP contribution in [0.4, 0.5) is 0 Å². The Morgan fingerprint density at radius 3 is 1.08 bits per heavy atom. The van der Waals surface area contributed by atoms with Crippen LogP contribution < -0.4 is 22.2 Å². The lowest BCUT2D eigenvalue weighted by Gasteiger charge is -2.17. The molecule has 6 rings (SSSR count). The number of fused-ring (bicyclic) bond motifs is 6. The molecule has 176 valence electrons. The highest BCUT2D eigenvalue weighted by Gasteiger charge is 2.28. The van der Waals surface area contributed by atoms with Gasteiger partial charge in [0, 0.05) is 34.6 Å². The standard InChI is InChI=1S/C24H12N4O4S4/c1-7-8(2)34-18-14-12-11-13(17(18)33-7)21(29)27(3)23(31)15(11)19-20(16(12)24(32)28(4)22(14)30)36-10(6-26)9(5-25)35-19/h1-4H3. The normalized spacial score (nSPS) is 11.7. The lowest BCUT2D eigenvalue weighted by molar-refractivity contribution is 0.840. The monoisotopic (exact) mass is 548 g/mol. The van der Waals surface area contributed by atoms with Crippen LogP contribution in [0.5, 0.6) is 0 Å². The maximum absolute atomic E-state index is 13.6. The van der Waals surface area contributed by atoms with Crippen LogP contribution in [0.25, 0.3) is 51.1 Å². The van der Waals surface area contributed by atoms with Gasteiger partial charge in [-0.15, -0.1) is 45.3 Å². The SMILES string of the molecule is Cc1sc2c(sc1C)c1c(=O)n(C)c(=O)c3c4sc(C#N)c(C#N)sc4c4c(=O)n(C)c(=O)c2c4c13. The van der Waals surface area contributed by atoms with Crippen molar-refractivity contribution in [2.45, 2.75) is 13.8 Å². The Labute approximate surface area is 216 Å². The summed E-state index contributed by atoms with van der Waals surface area (Å²) in [5, 5.41) is 20.8. The molecule has 0 aliphatic rings. The molecule has 0 unspecified atom stereocenters. The molecular formula is C24H12N4O4S4. The molecule has 6 aromatic rings. The topological polar surface area (TPSA) is 126 Å². The van der Waals surface area contributed by atoms with E-state index in [1.807, 2.05) is 26.0 Å². The number of aryl methyl sites for hydroxylation is 2. The van der Waals surface area contributed by atoms with Gasteiger partial charge in [-0.2, -0.15) is 10.5 Å². The summed E-state index contributed by atoms with van der Waals surface area (Å²) >= 11 is 4.64. The Kier molecular flexibility index (Phi) is 4.69. The summed E-state index contributed by atoms with van der Waals surface area (Å²) in [6.45, 7) is 3.86. The number of aromatic nitrogens is 2. The van der Waals surface area contributed by atoms with Gasteiger partial charge in [-0.3, -0.25) is 28.3 Å². The van der Waals surface area contributed by atoms with Gasteiger partial charge >= 0.3 is 0 Å². The minimum absolute atomic E-state index is 0.108. The largest absolute Gasteiger partial charge is 0.277 e. The average molecular weight is 549 g/mol. The van der Waals surface area contributed by atoms with E-state index in [1.54, 1.807) is 0 Å². The minimum atomic E-state index is -0.581. The minimum Gasteiger partial charge on any atom is -0.277 e. The summed E-state index contributed by atoms with van der Waals surface area (Å²) in [7, 11) is 2.79. The Bertz CT molecular complexity index is 2200. The van der Waals surface area contributed by atoms with E-state index in [0.717, 1.165) is 41.6 Å². The zero-order valence-corrected chi connectivity index (χ0v) is 22.3. The van der Waals surface area contributed by atoms with Crippen LogP contribution in [0.3, 0.4) is 0 Å². The van der Waals surface area contributed by atoms with E-state index >= 15 is 0 Å².